The number of hydrogen-bond donors (Lipinski definition) is 0. The molecule has 0 aliphatic rings. The molecule has 6 nitrogen and oxygen atoms in total. The molecule has 0 aliphatic carbocycles. The molecule has 0 bridgehead atoms. The maximum absolute atomic E-state index is 2.00. The summed E-state index contributed by atoms with van der Waals surface area (Å²) in [5.74, 6) is 0. The third-order valence-electron chi connectivity index (χ3n) is 0. The van der Waals surface area contributed by atoms with E-state index in [1.54, 1.807) is 0 Å². The first-order chi connectivity index (χ1) is 6.00. The van der Waals surface area contributed by atoms with Crippen molar-refractivity contribution in [3.05, 3.63) is 36.9 Å². The molecule has 0 aliphatic heterocycles. The van der Waals surface area contributed by atoms with Gasteiger partial charge >= 0.3 is 19.5 Å². The molecule has 158 valence electrons. The predicted octanol–water partition coefficient (Wildman–Crippen LogP) is 12.4. The zero-order valence-electron chi connectivity index (χ0n) is 15.8. The van der Waals surface area contributed by atoms with Crippen molar-refractivity contribution in [2.45, 2.75) is 105 Å². The van der Waals surface area contributed by atoms with Gasteiger partial charge in [0.05, 0.1) is 0 Å². The van der Waals surface area contributed by atoms with Crippen molar-refractivity contribution >= 4 is 0 Å². The van der Waals surface area contributed by atoms with Crippen LogP contribution in [0.2, 0.25) is 0 Å². The van der Waals surface area contributed by atoms with E-state index in [2.05, 4.69) is 0 Å². The number of hydrogen-bond acceptors (Lipinski definition) is 0. The molecule has 0 atom stereocenters. The summed E-state index contributed by atoms with van der Waals surface area (Å²) in [7, 11) is 0. The van der Waals surface area contributed by atoms with Gasteiger partial charge in [-0.05, 0) is 0 Å². The summed E-state index contributed by atoms with van der Waals surface area (Å²) in [5.41, 5.74) is 0. The maximum atomic E-state index is 2.00. The van der Waals surface area contributed by atoms with Gasteiger partial charge in [0, 0.05) is 0 Å². The minimum Gasteiger partial charge on any atom is -0.693 e. The molecule has 0 spiro atoms. The van der Waals surface area contributed by atoms with Crippen LogP contribution in [0.1, 0.15) is 105 Å². The quantitative estimate of drug-likeness (QED) is 0.332. The first-order valence-corrected chi connectivity index (χ1v) is 6.00. The van der Waals surface area contributed by atoms with Crippen LogP contribution in [0, 0.1) is 0 Å². The first-order valence-electron chi connectivity index (χ1n) is 6.00. The van der Waals surface area contributed by atoms with Crippen molar-refractivity contribution in [1.29, 1.82) is 0 Å². The molecule has 0 rings (SSSR count). The van der Waals surface area contributed by atoms with Gasteiger partial charge in [0.15, 0.2) is 0 Å². The van der Waals surface area contributed by atoms with Gasteiger partial charge < -0.3 is 36.9 Å². The molecule has 0 fully saturated rings. The van der Waals surface area contributed by atoms with E-state index in [0.29, 0.717) is 0 Å². The Balaban J connectivity index is -0.00000000129. The summed E-state index contributed by atoms with van der Waals surface area (Å²) in [6.07, 6.45) is 0. The predicted molar refractivity (Wildman–Crippen MR) is 120 cm³/mol. The largest absolute Gasteiger partial charge is 6.00 e. The molecule has 0 radical (unpaired) electrons. The fourth-order valence-electron chi connectivity index (χ4n) is 0. The molecule has 7 heteroatoms. The second-order valence-electron chi connectivity index (χ2n) is 0. The average molecular weight is 426 g/mol. The van der Waals surface area contributed by atoms with Gasteiger partial charge in [-0.25, -0.2) is 0 Å². The van der Waals surface area contributed by atoms with Gasteiger partial charge in [-0.15, -0.1) is 0 Å². The molecular formula is C15H60N6Ru. The maximum Gasteiger partial charge on any atom is 6.00 e. The number of nitrogens with two attached hydrogens (primary N) is 6. The number of rotatable bonds is 0. The molecule has 0 aromatic heterocycles. The van der Waals surface area contributed by atoms with E-state index >= 15 is 0 Å². The van der Waals surface area contributed by atoms with Gasteiger partial charge in [-0.3, -0.25) is 0 Å². The van der Waals surface area contributed by atoms with Crippen LogP contribution in [0.3, 0.4) is 0 Å². The molecule has 22 heavy (non-hydrogen) atoms. The van der Waals surface area contributed by atoms with E-state index in [-0.39, 0.29) is 78.7 Å². The van der Waals surface area contributed by atoms with Gasteiger partial charge in [0.25, 0.3) is 0 Å². The summed E-state index contributed by atoms with van der Waals surface area (Å²) in [6, 6.07) is 0. The van der Waals surface area contributed by atoms with Crippen LogP contribution in [0.15, 0.2) is 0 Å². The Hall–Kier alpha value is 0.383. The van der Waals surface area contributed by atoms with Crippen molar-refractivity contribution in [3.8, 4) is 0 Å². The summed E-state index contributed by atoms with van der Waals surface area (Å²) < 4.78 is 0. The summed E-state index contributed by atoms with van der Waals surface area (Å²) in [6.45, 7) is 24.0. The third-order valence-corrected chi connectivity index (χ3v) is 0. The van der Waals surface area contributed by atoms with E-state index in [0.717, 1.165) is 0 Å². The second-order valence-corrected chi connectivity index (χ2v) is 0. The summed E-state index contributed by atoms with van der Waals surface area (Å²) in [5, 5.41) is 0. The Morgan fingerprint density at radius 2 is 0.227 bits per heavy atom. The van der Waals surface area contributed by atoms with Crippen LogP contribution in [0.5, 0.6) is 0 Å². The van der Waals surface area contributed by atoms with Crippen LogP contribution in [-0.2, 0) is 19.5 Å². The Labute approximate surface area is 162 Å². The zero-order valence-corrected chi connectivity index (χ0v) is 17.6. The van der Waals surface area contributed by atoms with Gasteiger partial charge in [-0.2, -0.15) is 0 Å². The third kappa shape index (κ3) is 52100. The molecule has 0 amide bonds. The normalized spacial score (nSPS) is 1.64. The monoisotopic (exact) mass is 426 g/mol. The fraction of sp³-hybridized carbons (Fsp3) is 1.00. The minimum absolute atomic E-state index is 0. The molecule has 0 unspecified atom stereocenters. The fourth-order valence-corrected chi connectivity index (χ4v) is 0. The molecule has 12 N–H and O–H groups in total. The Kier molecular flexibility index (Phi) is 690000. The van der Waals surface area contributed by atoms with Crippen molar-refractivity contribution in [1.82, 2.24) is 0 Å². The Morgan fingerprint density at radius 1 is 0.227 bits per heavy atom. The standard InChI is InChI=1S/6C2H6.3CH4.6H2N.Ru/c6*1-2;;;;;;;;;;/h6*1-2H3;3*1H4;6*1H2;/q;;;;;;;;;6*-1;+6. The van der Waals surface area contributed by atoms with E-state index in [1.165, 1.54) is 0 Å². The van der Waals surface area contributed by atoms with Gasteiger partial charge in [-0.1, -0.05) is 105 Å². The van der Waals surface area contributed by atoms with Crippen LogP contribution < -0.4 is 0 Å². The van der Waals surface area contributed by atoms with Crippen LogP contribution in [0.25, 0.3) is 36.9 Å². The van der Waals surface area contributed by atoms with Crippen LogP contribution in [0.4, 0.5) is 0 Å². The zero-order chi connectivity index (χ0) is 12.0. The molecular weight excluding hydrogens is 365 g/mol. The molecule has 0 saturated heterocycles. The Bertz CT molecular complexity index is 24.0. The molecule has 0 aromatic rings. The second kappa shape index (κ2) is 60400. The Morgan fingerprint density at radius 3 is 0.227 bits per heavy atom. The molecule has 0 saturated carbocycles. The summed E-state index contributed by atoms with van der Waals surface area (Å²) >= 11 is 0. The smallest absolute Gasteiger partial charge is 0.693 e. The summed E-state index contributed by atoms with van der Waals surface area (Å²) in [4.78, 5) is 0. The average Bonchev–Trinajstić information content (AvgIpc) is 2.33. The van der Waals surface area contributed by atoms with Crippen LogP contribution >= 0.6 is 0 Å². The minimum atomic E-state index is 0. The van der Waals surface area contributed by atoms with E-state index in [4.69, 9.17) is 0 Å². The van der Waals surface area contributed by atoms with Crippen LogP contribution in [-0.4, -0.2) is 0 Å². The van der Waals surface area contributed by atoms with E-state index in [9.17, 15) is 0 Å². The van der Waals surface area contributed by atoms with Gasteiger partial charge in [0.2, 0.25) is 0 Å². The van der Waals surface area contributed by atoms with Crippen molar-refractivity contribution in [2.75, 3.05) is 0 Å². The van der Waals surface area contributed by atoms with E-state index < -0.39 is 0 Å². The van der Waals surface area contributed by atoms with Gasteiger partial charge in [0.1, 0.15) is 0 Å². The van der Waals surface area contributed by atoms with Crippen molar-refractivity contribution in [3.63, 3.8) is 0 Å². The van der Waals surface area contributed by atoms with Crippen molar-refractivity contribution < 1.29 is 19.5 Å². The first kappa shape index (κ1) is 251. The molecule has 0 heterocycles. The SMILES string of the molecule is C.C.C.CC.CC.CC.CC.CC.CC.[NH2-].[NH2-].[NH2-].[NH2-].[NH2-].[NH2-].[Ru+6]. The topological polar surface area (TPSA) is 201 Å². The molecule has 0 aromatic carbocycles. The van der Waals surface area contributed by atoms with Crippen molar-refractivity contribution in [2.24, 2.45) is 0 Å². The van der Waals surface area contributed by atoms with E-state index in [1.807, 2.05) is 83.1 Å².